The van der Waals surface area contributed by atoms with Crippen LogP contribution >= 0.6 is 0 Å². The Labute approximate surface area is 167 Å². The number of aromatic nitrogens is 5. The SMILES string of the molecule is COCCOc1cc2c(-n3cc(-c4ccccn4)nc3N)ncnc2cc1OC. The van der Waals surface area contributed by atoms with Gasteiger partial charge in [0.2, 0.25) is 5.95 Å². The number of rotatable bonds is 7. The van der Waals surface area contributed by atoms with Crippen molar-refractivity contribution < 1.29 is 14.2 Å². The normalized spacial score (nSPS) is 11.0. The van der Waals surface area contributed by atoms with Gasteiger partial charge >= 0.3 is 0 Å². The molecular formula is C20H20N6O3. The Morgan fingerprint density at radius 1 is 1.00 bits per heavy atom. The van der Waals surface area contributed by atoms with Crippen molar-refractivity contribution in [1.82, 2.24) is 24.5 Å². The summed E-state index contributed by atoms with van der Waals surface area (Å²) in [6.45, 7) is 0.847. The van der Waals surface area contributed by atoms with E-state index in [1.807, 2.05) is 24.3 Å². The lowest BCUT2D eigenvalue weighted by Gasteiger charge is -2.13. The molecule has 0 radical (unpaired) electrons. The molecule has 4 aromatic rings. The van der Waals surface area contributed by atoms with E-state index in [4.69, 9.17) is 19.9 Å². The highest BCUT2D eigenvalue weighted by Crippen LogP contribution is 2.34. The first-order valence-electron chi connectivity index (χ1n) is 8.92. The third-order valence-corrected chi connectivity index (χ3v) is 4.33. The van der Waals surface area contributed by atoms with E-state index in [-0.39, 0.29) is 0 Å². The van der Waals surface area contributed by atoms with Gasteiger partial charge in [-0.3, -0.25) is 9.55 Å². The Kier molecular flexibility index (Phi) is 5.21. The molecule has 0 atom stereocenters. The Morgan fingerprint density at radius 2 is 1.90 bits per heavy atom. The molecule has 3 heterocycles. The van der Waals surface area contributed by atoms with E-state index in [0.29, 0.717) is 47.7 Å². The van der Waals surface area contributed by atoms with Gasteiger partial charge in [-0.1, -0.05) is 6.07 Å². The van der Waals surface area contributed by atoms with Gasteiger partial charge in [-0.05, 0) is 18.2 Å². The molecule has 0 unspecified atom stereocenters. The molecule has 0 saturated heterocycles. The molecule has 9 nitrogen and oxygen atoms in total. The maximum Gasteiger partial charge on any atom is 0.206 e. The highest BCUT2D eigenvalue weighted by Gasteiger charge is 2.16. The zero-order valence-corrected chi connectivity index (χ0v) is 16.1. The van der Waals surface area contributed by atoms with Gasteiger partial charge in [-0.2, -0.15) is 0 Å². The van der Waals surface area contributed by atoms with Gasteiger partial charge in [0.25, 0.3) is 0 Å². The maximum absolute atomic E-state index is 6.19. The van der Waals surface area contributed by atoms with Gasteiger partial charge in [0, 0.05) is 31.0 Å². The van der Waals surface area contributed by atoms with Crippen LogP contribution in [-0.2, 0) is 4.74 Å². The summed E-state index contributed by atoms with van der Waals surface area (Å²) in [7, 11) is 3.20. The van der Waals surface area contributed by atoms with Crippen LogP contribution in [-0.4, -0.2) is 51.9 Å². The van der Waals surface area contributed by atoms with E-state index in [0.717, 1.165) is 11.1 Å². The van der Waals surface area contributed by atoms with E-state index >= 15 is 0 Å². The van der Waals surface area contributed by atoms with Gasteiger partial charge in [0.15, 0.2) is 17.3 Å². The predicted octanol–water partition coefficient (Wildman–Crippen LogP) is 2.49. The number of methoxy groups -OCH3 is 2. The Morgan fingerprint density at radius 3 is 2.66 bits per heavy atom. The second-order valence-electron chi connectivity index (χ2n) is 6.13. The van der Waals surface area contributed by atoms with E-state index in [2.05, 4.69) is 19.9 Å². The number of nitrogen functional groups attached to an aromatic ring is 1. The summed E-state index contributed by atoms with van der Waals surface area (Å²) < 4.78 is 18.0. The zero-order valence-electron chi connectivity index (χ0n) is 16.1. The van der Waals surface area contributed by atoms with Gasteiger partial charge in [-0.25, -0.2) is 15.0 Å². The molecule has 0 bridgehead atoms. The van der Waals surface area contributed by atoms with Crippen LogP contribution in [0.4, 0.5) is 5.95 Å². The minimum absolute atomic E-state index is 0.295. The number of imidazole rings is 1. The zero-order chi connectivity index (χ0) is 20.2. The molecule has 2 N–H and O–H groups in total. The number of hydrogen-bond acceptors (Lipinski definition) is 8. The topological polar surface area (TPSA) is 110 Å². The van der Waals surface area contributed by atoms with Gasteiger partial charge in [-0.15, -0.1) is 0 Å². The summed E-state index contributed by atoms with van der Waals surface area (Å²) in [5.41, 5.74) is 8.25. The minimum Gasteiger partial charge on any atom is -0.493 e. The van der Waals surface area contributed by atoms with Crippen molar-refractivity contribution in [2.24, 2.45) is 0 Å². The first kappa shape index (κ1) is 18.6. The van der Waals surface area contributed by atoms with Crippen molar-refractivity contribution in [2.75, 3.05) is 33.2 Å². The molecule has 3 aromatic heterocycles. The average molecular weight is 392 g/mol. The Balaban J connectivity index is 1.82. The first-order chi connectivity index (χ1) is 14.2. The molecule has 4 rings (SSSR count). The lowest BCUT2D eigenvalue weighted by atomic mass is 10.2. The van der Waals surface area contributed by atoms with Crippen LogP contribution < -0.4 is 15.2 Å². The largest absolute Gasteiger partial charge is 0.493 e. The molecule has 0 aliphatic carbocycles. The monoisotopic (exact) mass is 392 g/mol. The van der Waals surface area contributed by atoms with Crippen LogP contribution in [0.3, 0.4) is 0 Å². The van der Waals surface area contributed by atoms with Crippen LogP contribution in [0.2, 0.25) is 0 Å². The quantitative estimate of drug-likeness (QED) is 0.478. The summed E-state index contributed by atoms with van der Waals surface area (Å²) in [6.07, 6.45) is 4.98. The van der Waals surface area contributed by atoms with Crippen molar-refractivity contribution in [3.05, 3.63) is 49.1 Å². The van der Waals surface area contributed by atoms with Crippen LogP contribution in [0.5, 0.6) is 11.5 Å². The Bertz CT molecular complexity index is 1130. The van der Waals surface area contributed by atoms with Crippen molar-refractivity contribution >= 4 is 16.9 Å². The second kappa shape index (κ2) is 8.11. The highest BCUT2D eigenvalue weighted by molar-refractivity contribution is 5.89. The first-order valence-corrected chi connectivity index (χ1v) is 8.92. The molecule has 0 spiro atoms. The highest BCUT2D eigenvalue weighted by atomic mass is 16.5. The molecular weight excluding hydrogens is 372 g/mol. The number of nitrogens with zero attached hydrogens (tertiary/aromatic N) is 5. The number of pyridine rings is 1. The summed E-state index contributed by atoms with van der Waals surface area (Å²) in [4.78, 5) is 17.5. The van der Waals surface area contributed by atoms with Crippen LogP contribution in [0.15, 0.2) is 49.1 Å². The number of anilines is 1. The molecule has 1 aromatic carbocycles. The lowest BCUT2D eigenvalue weighted by Crippen LogP contribution is -2.06. The van der Waals surface area contributed by atoms with Gasteiger partial charge in [0.05, 0.1) is 24.9 Å². The van der Waals surface area contributed by atoms with Crippen LogP contribution in [0, 0.1) is 0 Å². The summed E-state index contributed by atoms with van der Waals surface area (Å²) in [5.74, 6) is 2.02. The van der Waals surface area contributed by atoms with Crippen LogP contribution in [0.1, 0.15) is 0 Å². The smallest absolute Gasteiger partial charge is 0.206 e. The molecule has 148 valence electrons. The van der Waals surface area contributed by atoms with Gasteiger partial charge < -0.3 is 19.9 Å². The molecule has 9 heteroatoms. The van der Waals surface area contributed by atoms with Crippen molar-refractivity contribution in [3.8, 4) is 28.7 Å². The molecule has 0 aliphatic rings. The predicted molar refractivity (Wildman–Crippen MR) is 108 cm³/mol. The summed E-state index contributed by atoms with van der Waals surface area (Å²) in [5, 5.41) is 0.748. The number of ether oxygens (including phenoxy) is 3. The molecule has 0 aliphatic heterocycles. The Hall–Kier alpha value is -3.72. The fourth-order valence-corrected chi connectivity index (χ4v) is 2.95. The third-order valence-electron chi connectivity index (χ3n) is 4.33. The number of hydrogen-bond donors (Lipinski definition) is 1. The minimum atomic E-state index is 0.295. The van der Waals surface area contributed by atoms with Crippen molar-refractivity contribution in [1.29, 1.82) is 0 Å². The van der Waals surface area contributed by atoms with Crippen LogP contribution in [0.25, 0.3) is 28.1 Å². The molecule has 0 amide bonds. The van der Waals surface area contributed by atoms with Gasteiger partial charge in [0.1, 0.15) is 18.6 Å². The number of benzene rings is 1. The average Bonchev–Trinajstić information content (AvgIpc) is 3.15. The van der Waals surface area contributed by atoms with Crippen molar-refractivity contribution in [2.45, 2.75) is 0 Å². The maximum atomic E-state index is 6.19. The standard InChI is InChI=1S/C20H20N6O3/c1-27-7-8-29-18-9-13-15(10-17(18)28-2)23-12-24-19(13)26-11-16(25-20(26)21)14-5-3-4-6-22-14/h3-6,9-12H,7-8H2,1-2H3,(H2,21,25). The second-order valence-corrected chi connectivity index (χ2v) is 6.13. The third kappa shape index (κ3) is 3.67. The van der Waals surface area contributed by atoms with Crippen molar-refractivity contribution in [3.63, 3.8) is 0 Å². The molecule has 0 fully saturated rings. The number of fused-ring (bicyclic) bond motifs is 1. The molecule has 29 heavy (non-hydrogen) atoms. The van der Waals surface area contributed by atoms with E-state index in [9.17, 15) is 0 Å². The fourth-order valence-electron chi connectivity index (χ4n) is 2.95. The number of nitrogens with two attached hydrogens (primary N) is 1. The lowest BCUT2D eigenvalue weighted by molar-refractivity contribution is 0.144. The van der Waals surface area contributed by atoms with E-state index < -0.39 is 0 Å². The van der Waals surface area contributed by atoms with E-state index in [1.54, 1.807) is 37.2 Å². The fraction of sp³-hybridized carbons (Fsp3) is 0.200. The molecule has 0 saturated carbocycles. The summed E-state index contributed by atoms with van der Waals surface area (Å²) >= 11 is 0. The summed E-state index contributed by atoms with van der Waals surface area (Å²) in [6, 6.07) is 9.25. The van der Waals surface area contributed by atoms with E-state index in [1.165, 1.54) is 6.33 Å².